The highest BCUT2D eigenvalue weighted by Crippen LogP contribution is 2.29. The number of hydrogen-bond acceptors (Lipinski definition) is 5. The molecule has 2 heterocycles. The molecule has 1 aliphatic rings. The summed E-state index contributed by atoms with van der Waals surface area (Å²) in [6, 6.07) is 13.8. The van der Waals surface area contributed by atoms with E-state index < -0.39 is 0 Å². The Hall–Kier alpha value is -2.97. The van der Waals surface area contributed by atoms with Crippen molar-refractivity contribution in [2.24, 2.45) is 5.10 Å². The molecular formula is C23H24N4O2S2. The number of rotatable bonds is 6. The summed E-state index contributed by atoms with van der Waals surface area (Å²) in [5, 5.41) is 13.0. The average molecular weight is 453 g/mol. The van der Waals surface area contributed by atoms with E-state index in [-0.39, 0.29) is 5.91 Å². The number of furan rings is 1. The average Bonchev–Trinajstić information content (AvgIpc) is 3.41. The molecule has 31 heavy (non-hydrogen) atoms. The molecule has 1 amide bonds. The van der Waals surface area contributed by atoms with E-state index in [1.165, 1.54) is 4.88 Å². The van der Waals surface area contributed by atoms with Crippen molar-refractivity contribution in [3.8, 4) is 0 Å². The summed E-state index contributed by atoms with van der Waals surface area (Å²) < 4.78 is 5.95. The zero-order valence-corrected chi connectivity index (χ0v) is 18.9. The normalized spacial score (nSPS) is 14.2. The first-order chi connectivity index (χ1) is 15.1. The van der Waals surface area contributed by atoms with Crippen molar-refractivity contribution >= 4 is 46.0 Å². The molecule has 0 fully saturated rings. The molecule has 160 valence electrons. The molecule has 3 N–H and O–H groups in total. The second-order valence-corrected chi connectivity index (χ2v) is 8.72. The van der Waals surface area contributed by atoms with Gasteiger partial charge in [0.25, 0.3) is 5.91 Å². The fourth-order valence-electron chi connectivity index (χ4n) is 3.63. The molecule has 0 atom stereocenters. The molecule has 4 rings (SSSR count). The van der Waals surface area contributed by atoms with E-state index in [1.54, 1.807) is 11.3 Å². The van der Waals surface area contributed by atoms with E-state index >= 15 is 0 Å². The van der Waals surface area contributed by atoms with Crippen LogP contribution in [0.1, 0.15) is 45.2 Å². The zero-order valence-electron chi connectivity index (χ0n) is 17.2. The Balaban J connectivity index is 1.43. The monoisotopic (exact) mass is 452 g/mol. The number of para-hydroxylation sites is 1. The molecular weight excluding hydrogens is 428 g/mol. The predicted molar refractivity (Wildman–Crippen MR) is 129 cm³/mol. The molecule has 1 aromatic carbocycles. The second-order valence-electron chi connectivity index (χ2n) is 7.28. The van der Waals surface area contributed by atoms with Crippen molar-refractivity contribution < 1.29 is 9.21 Å². The summed E-state index contributed by atoms with van der Waals surface area (Å²) >= 11 is 7.04. The number of hydrogen-bond donors (Lipinski definition) is 3. The van der Waals surface area contributed by atoms with E-state index in [4.69, 9.17) is 16.6 Å². The van der Waals surface area contributed by atoms with Gasteiger partial charge in [-0.25, -0.2) is 0 Å². The summed E-state index contributed by atoms with van der Waals surface area (Å²) in [6.07, 6.45) is 3.32. The van der Waals surface area contributed by atoms with Crippen molar-refractivity contribution in [2.75, 3.05) is 11.9 Å². The first-order valence-corrected chi connectivity index (χ1v) is 11.5. The number of nitrogens with zero attached hydrogens (tertiary/aromatic N) is 1. The van der Waals surface area contributed by atoms with Crippen LogP contribution in [0.4, 0.5) is 5.69 Å². The smallest absolute Gasteiger partial charge is 0.287 e. The number of carbonyl (C=O) groups excluding carboxylic acids is 1. The Morgan fingerprint density at radius 1 is 1.19 bits per heavy atom. The lowest BCUT2D eigenvalue weighted by Crippen LogP contribution is -2.26. The van der Waals surface area contributed by atoms with Gasteiger partial charge in [0, 0.05) is 34.7 Å². The highest BCUT2D eigenvalue weighted by molar-refractivity contribution is 7.80. The summed E-state index contributed by atoms with van der Waals surface area (Å²) in [5.41, 5.74) is 6.42. The minimum absolute atomic E-state index is 0.183. The maximum Gasteiger partial charge on any atom is 0.287 e. The number of benzene rings is 1. The van der Waals surface area contributed by atoms with Crippen molar-refractivity contribution in [1.82, 2.24) is 10.7 Å². The predicted octanol–water partition coefficient (Wildman–Crippen LogP) is 4.65. The zero-order chi connectivity index (χ0) is 21.6. The molecule has 6 nitrogen and oxygen atoms in total. The third kappa shape index (κ3) is 5.21. The Morgan fingerprint density at radius 2 is 2.03 bits per heavy atom. The van der Waals surface area contributed by atoms with Crippen LogP contribution in [0.5, 0.6) is 0 Å². The fraction of sp³-hybridized carbons (Fsp3) is 0.261. The maximum absolute atomic E-state index is 12.7. The number of carbonyl (C=O) groups is 1. The van der Waals surface area contributed by atoms with Crippen molar-refractivity contribution in [2.45, 2.75) is 32.6 Å². The lowest BCUT2D eigenvalue weighted by molar-refractivity contribution is 0.0924. The molecule has 3 aromatic rings. The first kappa shape index (κ1) is 21.3. The topological polar surface area (TPSA) is 78.7 Å². The molecule has 0 radical (unpaired) electrons. The molecule has 0 bridgehead atoms. The van der Waals surface area contributed by atoms with Crippen LogP contribution in [-0.4, -0.2) is 23.3 Å². The Labute approximate surface area is 190 Å². The van der Waals surface area contributed by atoms with Gasteiger partial charge < -0.3 is 15.1 Å². The highest BCUT2D eigenvalue weighted by atomic mass is 32.1. The molecule has 0 unspecified atom stereocenters. The number of hydrazone groups is 1. The van der Waals surface area contributed by atoms with Gasteiger partial charge >= 0.3 is 0 Å². The van der Waals surface area contributed by atoms with Crippen LogP contribution in [0.2, 0.25) is 0 Å². The summed E-state index contributed by atoms with van der Waals surface area (Å²) in [5.74, 6) is 1.00. The molecule has 1 aliphatic carbocycles. The van der Waals surface area contributed by atoms with Crippen LogP contribution in [0, 0.1) is 6.92 Å². The lowest BCUT2D eigenvalue weighted by atomic mass is 9.93. The van der Waals surface area contributed by atoms with Gasteiger partial charge in [-0.3, -0.25) is 10.2 Å². The van der Waals surface area contributed by atoms with Gasteiger partial charge in [0.1, 0.15) is 5.76 Å². The van der Waals surface area contributed by atoms with E-state index in [2.05, 4.69) is 27.2 Å². The Kier molecular flexibility index (Phi) is 6.79. The lowest BCUT2D eigenvalue weighted by Gasteiger charge is -2.14. The molecule has 0 saturated carbocycles. The second kappa shape index (κ2) is 9.89. The van der Waals surface area contributed by atoms with Gasteiger partial charge in [0.15, 0.2) is 10.9 Å². The van der Waals surface area contributed by atoms with Gasteiger partial charge in [0.2, 0.25) is 0 Å². The summed E-state index contributed by atoms with van der Waals surface area (Å²) in [7, 11) is 0. The van der Waals surface area contributed by atoms with Crippen LogP contribution in [0.25, 0.3) is 0 Å². The molecule has 0 spiro atoms. The highest BCUT2D eigenvalue weighted by Gasteiger charge is 2.27. The number of amides is 1. The minimum Gasteiger partial charge on any atom is -0.455 e. The van der Waals surface area contributed by atoms with Gasteiger partial charge in [-0.05, 0) is 62.0 Å². The quantitative estimate of drug-likeness (QED) is 0.375. The number of aryl methyl sites for hydroxylation is 1. The fourth-order valence-corrected chi connectivity index (χ4v) is 4.50. The summed E-state index contributed by atoms with van der Waals surface area (Å²) in [6.45, 7) is 2.49. The third-order valence-corrected chi connectivity index (χ3v) is 6.22. The van der Waals surface area contributed by atoms with E-state index in [0.29, 0.717) is 17.4 Å². The molecule has 8 heteroatoms. The number of anilines is 1. The summed E-state index contributed by atoms with van der Waals surface area (Å²) in [4.78, 5) is 13.9. The first-order valence-electron chi connectivity index (χ1n) is 10.2. The van der Waals surface area contributed by atoms with Crippen molar-refractivity contribution in [3.63, 3.8) is 0 Å². The van der Waals surface area contributed by atoms with Crippen LogP contribution < -0.4 is 16.1 Å². The van der Waals surface area contributed by atoms with Crippen LogP contribution in [-0.2, 0) is 12.8 Å². The number of fused-ring (bicyclic) bond motifs is 1. The molecule has 0 saturated heterocycles. The minimum atomic E-state index is -0.183. The molecule has 0 aliphatic heterocycles. The standard InChI is InChI=1S/C23H24N4O2S2/c1-15-20-18(26-27-23(30)25-16-7-3-2-4-8-16)10-5-11-19(20)29-21(15)22(28)24-13-12-17-9-6-14-31-17/h2-4,6-9,14H,5,10-13H2,1H3,(H,24,28)(H2,25,27,30)/b26-18+. The largest absolute Gasteiger partial charge is 0.455 e. The number of thiophene rings is 1. The van der Waals surface area contributed by atoms with E-state index in [0.717, 1.165) is 54.0 Å². The van der Waals surface area contributed by atoms with Crippen LogP contribution in [0.3, 0.4) is 0 Å². The van der Waals surface area contributed by atoms with Crippen molar-refractivity contribution in [3.05, 3.63) is 75.4 Å². The van der Waals surface area contributed by atoms with E-state index in [9.17, 15) is 4.79 Å². The van der Waals surface area contributed by atoms with E-state index in [1.807, 2.05) is 48.7 Å². The van der Waals surface area contributed by atoms with Crippen LogP contribution in [0.15, 0.2) is 57.4 Å². The Bertz CT molecular complexity index is 1090. The van der Waals surface area contributed by atoms with Gasteiger partial charge in [-0.2, -0.15) is 5.10 Å². The maximum atomic E-state index is 12.7. The Morgan fingerprint density at radius 3 is 2.81 bits per heavy atom. The third-order valence-electron chi connectivity index (χ3n) is 5.09. The van der Waals surface area contributed by atoms with Crippen molar-refractivity contribution in [1.29, 1.82) is 0 Å². The van der Waals surface area contributed by atoms with Gasteiger partial charge in [-0.1, -0.05) is 24.3 Å². The number of nitrogens with one attached hydrogen (secondary N) is 3. The van der Waals surface area contributed by atoms with Gasteiger partial charge in [-0.15, -0.1) is 11.3 Å². The number of thiocarbonyl (C=S) groups is 1. The van der Waals surface area contributed by atoms with Gasteiger partial charge in [0.05, 0.1) is 5.71 Å². The SMILES string of the molecule is Cc1c(C(=O)NCCc2cccs2)oc2c1/C(=N/NC(=S)Nc1ccccc1)CCC2. The molecule has 2 aromatic heterocycles. The van der Waals surface area contributed by atoms with Crippen LogP contribution >= 0.6 is 23.6 Å².